The molecule has 2 aromatic rings. The van der Waals surface area contributed by atoms with Crippen LogP contribution in [-0.2, 0) is 0 Å². The van der Waals surface area contributed by atoms with Crippen LogP contribution in [0.3, 0.4) is 0 Å². The molecule has 0 bridgehead atoms. The summed E-state index contributed by atoms with van der Waals surface area (Å²) in [7, 11) is 0. The van der Waals surface area contributed by atoms with Gasteiger partial charge in [-0.1, -0.05) is 30.3 Å². The van der Waals surface area contributed by atoms with E-state index in [2.05, 4.69) is 0 Å². The lowest BCUT2D eigenvalue weighted by atomic mass is 9.94. The van der Waals surface area contributed by atoms with E-state index in [9.17, 15) is 9.18 Å². The Morgan fingerprint density at radius 2 is 1.67 bits per heavy atom. The first kappa shape index (κ1) is 12.5. The molecule has 0 fully saturated rings. The average molecular weight is 242 g/mol. The van der Waals surface area contributed by atoms with Crippen LogP contribution < -0.4 is 0 Å². The zero-order valence-electron chi connectivity index (χ0n) is 10.8. The molecule has 1 nitrogen and oxygen atoms in total. The van der Waals surface area contributed by atoms with Crippen molar-refractivity contribution in [1.82, 2.24) is 0 Å². The number of hydrogen-bond acceptors (Lipinski definition) is 1. The van der Waals surface area contributed by atoms with Crippen molar-refractivity contribution in [2.45, 2.75) is 20.8 Å². The van der Waals surface area contributed by atoms with Crippen LogP contribution in [0.5, 0.6) is 0 Å². The largest absolute Gasteiger partial charge is 0.288 e. The van der Waals surface area contributed by atoms with Crippen LogP contribution in [0, 0.1) is 26.6 Å². The number of carbonyl (C=O) groups excluding carboxylic acids is 1. The Kier molecular flexibility index (Phi) is 3.28. The highest BCUT2D eigenvalue weighted by Crippen LogP contribution is 2.21. The third-order valence-corrected chi connectivity index (χ3v) is 3.05. The molecule has 2 rings (SSSR count). The fraction of sp³-hybridized carbons (Fsp3) is 0.188. The van der Waals surface area contributed by atoms with Gasteiger partial charge in [-0.05, 0) is 43.5 Å². The number of halogens is 1. The van der Waals surface area contributed by atoms with Gasteiger partial charge in [-0.15, -0.1) is 0 Å². The summed E-state index contributed by atoms with van der Waals surface area (Å²) in [5.41, 5.74) is 3.10. The molecule has 2 aromatic carbocycles. The molecule has 0 amide bonds. The Morgan fingerprint density at radius 3 is 2.28 bits per heavy atom. The first-order chi connectivity index (χ1) is 8.50. The van der Waals surface area contributed by atoms with E-state index in [1.165, 1.54) is 6.07 Å². The number of aryl methyl sites for hydroxylation is 3. The van der Waals surface area contributed by atoms with Crippen molar-refractivity contribution in [3.8, 4) is 0 Å². The smallest absolute Gasteiger partial charge is 0.196 e. The Hall–Kier alpha value is -1.96. The van der Waals surface area contributed by atoms with Crippen molar-refractivity contribution in [1.29, 1.82) is 0 Å². The highest BCUT2D eigenvalue weighted by atomic mass is 19.1. The zero-order valence-corrected chi connectivity index (χ0v) is 10.8. The van der Waals surface area contributed by atoms with Gasteiger partial charge in [-0.25, -0.2) is 4.39 Å². The summed E-state index contributed by atoms with van der Waals surface area (Å²) in [4.78, 5) is 12.4. The monoisotopic (exact) mass is 242 g/mol. The summed E-state index contributed by atoms with van der Waals surface area (Å²) in [5.74, 6) is -0.691. The SMILES string of the molecule is Cc1cc(C)c(C(=O)c2ccccc2C)c(F)c1. The molecule has 0 aliphatic carbocycles. The molecular formula is C16H15FO. The molecule has 0 aliphatic heterocycles. The minimum absolute atomic E-state index is 0.176. The summed E-state index contributed by atoms with van der Waals surface area (Å²) in [6, 6.07) is 10.5. The second-order valence-corrected chi connectivity index (χ2v) is 4.58. The van der Waals surface area contributed by atoms with Crippen molar-refractivity contribution >= 4 is 5.78 Å². The molecule has 2 heteroatoms. The fourth-order valence-electron chi connectivity index (χ4n) is 2.17. The Labute approximate surface area is 106 Å². The molecule has 0 saturated heterocycles. The Bertz CT molecular complexity index is 591. The molecule has 0 unspecified atom stereocenters. The van der Waals surface area contributed by atoms with E-state index < -0.39 is 5.82 Å². The molecule has 0 radical (unpaired) electrons. The van der Waals surface area contributed by atoms with E-state index >= 15 is 0 Å². The molecule has 0 atom stereocenters. The van der Waals surface area contributed by atoms with Crippen LogP contribution in [0.4, 0.5) is 4.39 Å². The topological polar surface area (TPSA) is 17.1 Å². The summed E-state index contributed by atoms with van der Waals surface area (Å²) >= 11 is 0. The fourth-order valence-corrected chi connectivity index (χ4v) is 2.17. The van der Waals surface area contributed by atoms with E-state index in [0.29, 0.717) is 11.1 Å². The standard InChI is InChI=1S/C16H15FO/c1-10-8-12(3)15(14(17)9-10)16(18)13-7-5-4-6-11(13)2/h4-9H,1-3H3. The third-order valence-electron chi connectivity index (χ3n) is 3.05. The predicted molar refractivity (Wildman–Crippen MR) is 70.5 cm³/mol. The predicted octanol–water partition coefficient (Wildman–Crippen LogP) is 3.98. The van der Waals surface area contributed by atoms with Crippen LogP contribution in [0.2, 0.25) is 0 Å². The number of rotatable bonds is 2. The third kappa shape index (κ3) is 2.19. The number of carbonyl (C=O) groups is 1. The Balaban J connectivity index is 2.57. The van der Waals surface area contributed by atoms with Crippen LogP contribution in [0.1, 0.15) is 32.6 Å². The number of ketones is 1. The maximum Gasteiger partial charge on any atom is 0.196 e. The summed E-state index contributed by atoms with van der Waals surface area (Å²) < 4.78 is 14.0. The Morgan fingerprint density at radius 1 is 1.00 bits per heavy atom. The summed E-state index contributed by atoms with van der Waals surface area (Å²) in [6.45, 7) is 5.44. The highest BCUT2D eigenvalue weighted by Gasteiger charge is 2.18. The van der Waals surface area contributed by atoms with Gasteiger partial charge in [0.2, 0.25) is 0 Å². The molecular weight excluding hydrogens is 227 g/mol. The van der Waals surface area contributed by atoms with Crippen molar-refractivity contribution in [3.05, 3.63) is 70.0 Å². The minimum Gasteiger partial charge on any atom is -0.288 e. The van der Waals surface area contributed by atoms with E-state index in [1.54, 1.807) is 19.1 Å². The maximum absolute atomic E-state index is 14.0. The minimum atomic E-state index is -0.444. The quantitative estimate of drug-likeness (QED) is 0.728. The zero-order chi connectivity index (χ0) is 13.3. The molecule has 18 heavy (non-hydrogen) atoms. The van der Waals surface area contributed by atoms with Crippen LogP contribution in [0.25, 0.3) is 0 Å². The molecule has 0 heterocycles. The van der Waals surface area contributed by atoms with Crippen molar-refractivity contribution in [2.75, 3.05) is 0 Å². The lowest BCUT2D eigenvalue weighted by Gasteiger charge is -2.09. The first-order valence-corrected chi connectivity index (χ1v) is 5.88. The van der Waals surface area contributed by atoms with Gasteiger partial charge in [0, 0.05) is 5.56 Å². The lowest BCUT2D eigenvalue weighted by molar-refractivity contribution is 0.103. The highest BCUT2D eigenvalue weighted by molar-refractivity contribution is 6.10. The van der Waals surface area contributed by atoms with Gasteiger partial charge >= 0.3 is 0 Å². The van der Waals surface area contributed by atoms with Gasteiger partial charge in [0.15, 0.2) is 5.78 Å². The second kappa shape index (κ2) is 4.73. The summed E-state index contributed by atoms with van der Waals surface area (Å²) in [5, 5.41) is 0. The van der Waals surface area contributed by atoms with E-state index in [-0.39, 0.29) is 11.3 Å². The molecule has 0 spiro atoms. The first-order valence-electron chi connectivity index (χ1n) is 5.88. The van der Waals surface area contributed by atoms with Crippen molar-refractivity contribution in [3.63, 3.8) is 0 Å². The summed E-state index contributed by atoms with van der Waals surface area (Å²) in [6.07, 6.45) is 0. The van der Waals surface area contributed by atoms with E-state index in [0.717, 1.165) is 11.1 Å². The van der Waals surface area contributed by atoms with Crippen LogP contribution in [-0.4, -0.2) is 5.78 Å². The van der Waals surface area contributed by atoms with Gasteiger partial charge < -0.3 is 0 Å². The average Bonchev–Trinajstić information content (AvgIpc) is 2.27. The molecule has 0 aromatic heterocycles. The lowest BCUT2D eigenvalue weighted by Crippen LogP contribution is -2.08. The van der Waals surface area contributed by atoms with Crippen LogP contribution >= 0.6 is 0 Å². The van der Waals surface area contributed by atoms with E-state index in [4.69, 9.17) is 0 Å². The van der Waals surface area contributed by atoms with Gasteiger partial charge in [0.1, 0.15) is 5.82 Å². The molecule has 0 saturated carbocycles. The maximum atomic E-state index is 14.0. The molecule has 0 N–H and O–H groups in total. The van der Waals surface area contributed by atoms with Gasteiger partial charge in [-0.2, -0.15) is 0 Å². The molecule has 92 valence electrons. The van der Waals surface area contributed by atoms with Crippen molar-refractivity contribution < 1.29 is 9.18 Å². The number of hydrogen-bond donors (Lipinski definition) is 0. The van der Waals surface area contributed by atoms with Gasteiger partial charge in [0.05, 0.1) is 5.56 Å². The molecule has 0 aliphatic rings. The second-order valence-electron chi connectivity index (χ2n) is 4.58. The van der Waals surface area contributed by atoms with Crippen LogP contribution in [0.15, 0.2) is 36.4 Å². The van der Waals surface area contributed by atoms with Crippen molar-refractivity contribution in [2.24, 2.45) is 0 Å². The van der Waals surface area contributed by atoms with Gasteiger partial charge in [-0.3, -0.25) is 4.79 Å². The normalized spacial score (nSPS) is 10.4. The van der Waals surface area contributed by atoms with Gasteiger partial charge in [0.25, 0.3) is 0 Å². The van der Waals surface area contributed by atoms with E-state index in [1.807, 2.05) is 32.0 Å². The number of benzene rings is 2.